The molecule has 2 aromatic rings. The van der Waals surface area contributed by atoms with Crippen LogP contribution in [0.1, 0.15) is 5.69 Å². The van der Waals surface area contributed by atoms with Crippen molar-refractivity contribution in [1.82, 2.24) is 15.1 Å². The maximum atomic E-state index is 5.44. The minimum Gasteiger partial charge on any atom is -0.368 e. The minimum absolute atomic E-state index is 0.248. The Bertz CT molecular complexity index is 424. The van der Waals surface area contributed by atoms with Crippen LogP contribution in [0.3, 0.4) is 0 Å². The molecule has 5 nitrogen and oxygen atoms in total. The molecule has 0 aromatic carbocycles. The molecule has 0 atom stereocenters. The van der Waals surface area contributed by atoms with Crippen molar-refractivity contribution in [2.75, 3.05) is 5.73 Å². The molecule has 0 aliphatic carbocycles. The van der Waals surface area contributed by atoms with E-state index in [0.29, 0.717) is 0 Å². The van der Waals surface area contributed by atoms with Crippen molar-refractivity contribution in [3.8, 4) is 11.3 Å². The summed E-state index contributed by atoms with van der Waals surface area (Å²) in [4.78, 5) is 7.84. The van der Waals surface area contributed by atoms with E-state index in [1.54, 1.807) is 12.3 Å². The number of aryl methyl sites for hydroxylation is 1. The molecule has 13 heavy (non-hydrogen) atoms. The predicted octanol–water partition coefficient (Wildman–Crippen LogP) is 1.02. The summed E-state index contributed by atoms with van der Waals surface area (Å²) in [7, 11) is 0. The Kier molecular flexibility index (Phi) is 1.70. The molecule has 66 valence electrons. The van der Waals surface area contributed by atoms with Crippen molar-refractivity contribution < 1.29 is 4.52 Å². The number of hydrogen-bond acceptors (Lipinski definition) is 5. The Morgan fingerprint density at radius 2 is 2.31 bits per heavy atom. The summed E-state index contributed by atoms with van der Waals surface area (Å²) in [5.74, 6) is 0.248. The third-order valence-corrected chi connectivity index (χ3v) is 1.70. The fourth-order valence-corrected chi connectivity index (χ4v) is 1.06. The SMILES string of the molecule is Cc1nocc1-c1ccnc(N)n1. The highest BCUT2D eigenvalue weighted by molar-refractivity contribution is 5.60. The van der Waals surface area contributed by atoms with Crippen LogP contribution in [0, 0.1) is 6.92 Å². The number of nitrogen functional groups attached to an aromatic ring is 1. The lowest BCUT2D eigenvalue weighted by Gasteiger charge is -1.96. The molecule has 0 radical (unpaired) electrons. The molecule has 2 N–H and O–H groups in total. The van der Waals surface area contributed by atoms with Gasteiger partial charge in [-0.2, -0.15) is 0 Å². The van der Waals surface area contributed by atoms with Gasteiger partial charge in [0.2, 0.25) is 5.95 Å². The molecule has 0 aliphatic heterocycles. The van der Waals surface area contributed by atoms with Crippen LogP contribution >= 0.6 is 0 Å². The van der Waals surface area contributed by atoms with E-state index < -0.39 is 0 Å². The predicted molar refractivity (Wildman–Crippen MR) is 46.7 cm³/mol. The maximum Gasteiger partial charge on any atom is 0.220 e. The Labute approximate surface area is 74.6 Å². The van der Waals surface area contributed by atoms with Gasteiger partial charge in [0.05, 0.1) is 17.0 Å². The Morgan fingerprint density at radius 1 is 1.46 bits per heavy atom. The van der Waals surface area contributed by atoms with E-state index in [1.165, 1.54) is 6.26 Å². The van der Waals surface area contributed by atoms with Gasteiger partial charge in [-0.05, 0) is 13.0 Å². The molecule has 0 aliphatic rings. The van der Waals surface area contributed by atoms with E-state index in [4.69, 9.17) is 10.3 Å². The van der Waals surface area contributed by atoms with Crippen LogP contribution in [0.25, 0.3) is 11.3 Å². The van der Waals surface area contributed by atoms with Crippen LogP contribution < -0.4 is 5.73 Å². The average Bonchev–Trinajstić information content (AvgIpc) is 2.51. The summed E-state index contributed by atoms with van der Waals surface area (Å²) < 4.78 is 4.79. The van der Waals surface area contributed by atoms with Gasteiger partial charge in [0.15, 0.2) is 0 Å². The van der Waals surface area contributed by atoms with Crippen molar-refractivity contribution in [2.24, 2.45) is 0 Å². The number of anilines is 1. The standard InChI is InChI=1S/C8H8N4O/c1-5-6(4-13-12-5)7-2-3-10-8(9)11-7/h2-4H,1H3,(H2,9,10,11). The lowest BCUT2D eigenvalue weighted by Crippen LogP contribution is -1.95. The molecular weight excluding hydrogens is 168 g/mol. The highest BCUT2D eigenvalue weighted by atomic mass is 16.5. The third-order valence-electron chi connectivity index (χ3n) is 1.70. The summed E-state index contributed by atoms with van der Waals surface area (Å²) in [6.45, 7) is 1.84. The summed E-state index contributed by atoms with van der Waals surface area (Å²) in [6.07, 6.45) is 3.14. The second-order valence-electron chi connectivity index (χ2n) is 2.61. The van der Waals surface area contributed by atoms with E-state index in [9.17, 15) is 0 Å². The molecule has 0 bridgehead atoms. The molecule has 2 heterocycles. The Morgan fingerprint density at radius 3 is 2.92 bits per heavy atom. The largest absolute Gasteiger partial charge is 0.368 e. The fraction of sp³-hybridized carbons (Fsp3) is 0.125. The topological polar surface area (TPSA) is 77.8 Å². The molecule has 0 unspecified atom stereocenters. The maximum absolute atomic E-state index is 5.44. The van der Waals surface area contributed by atoms with E-state index in [0.717, 1.165) is 17.0 Å². The van der Waals surface area contributed by atoms with Gasteiger partial charge in [-0.1, -0.05) is 5.16 Å². The first-order valence-corrected chi connectivity index (χ1v) is 3.77. The van der Waals surface area contributed by atoms with Crippen molar-refractivity contribution in [2.45, 2.75) is 6.92 Å². The first-order chi connectivity index (χ1) is 6.27. The van der Waals surface area contributed by atoms with Crippen LogP contribution in [-0.4, -0.2) is 15.1 Å². The second kappa shape index (κ2) is 2.85. The van der Waals surface area contributed by atoms with Crippen LogP contribution in [0.4, 0.5) is 5.95 Å². The average molecular weight is 176 g/mol. The first kappa shape index (κ1) is 7.72. The zero-order valence-electron chi connectivity index (χ0n) is 7.06. The van der Waals surface area contributed by atoms with E-state index in [1.807, 2.05) is 6.92 Å². The van der Waals surface area contributed by atoms with Gasteiger partial charge in [-0.15, -0.1) is 0 Å². The van der Waals surface area contributed by atoms with E-state index in [2.05, 4.69) is 15.1 Å². The molecular formula is C8H8N4O. The number of hydrogen-bond donors (Lipinski definition) is 1. The number of aromatic nitrogens is 3. The molecule has 2 rings (SSSR count). The van der Waals surface area contributed by atoms with Crippen molar-refractivity contribution >= 4 is 5.95 Å². The van der Waals surface area contributed by atoms with Gasteiger partial charge in [-0.3, -0.25) is 0 Å². The smallest absolute Gasteiger partial charge is 0.220 e. The van der Waals surface area contributed by atoms with Crippen molar-refractivity contribution in [3.05, 3.63) is 24.2 Å². The zero-order valence-corrected chi connectivity index (χ0v) is 7.06. The van der Waals surface area contributed by atoms with E-state index >= 15 is 0 Å². The van der Waals surface area contributed by atoms with Gasteiger partial charge in [0, 0.05) is 6.20 Å². The molecule has 0 amide bonds. The van der Waals surface area contributed by atoms with Gasteiger partial charge in [-0.25, -0.2) is 9.97 Å². The fourth-order valence-electron chi connectivity index (χ4n) is 1.06. The quantitative estimate of drug-likeness (QED) is 0.701. The highest BCUT2D eigenvalue weighted by Crippen LogP contribution is 2.19. The lowest BCUT2D eigenvalue weighted by atomic mass is 10.2. The number of rotatable bonds is 1. The van der Waals surface area contributed by atoms with Crippen LogP contribution in [0.15, 0.2) is 23.0 Å². The van der Waals surface area contributed by atoms with E-state index in [-0.39, 0.29) is 5.95 Å². The number of nitrogens with two attached hydrogens (primary N) is 1. The summed E-state index contributed by atoms with van der Waals surface area (Å²) in [5.41, 5.74) is 7.80. The molecule has 0 fully saturated rings. The first-order valence-electron chi connectivity index (χ1n) is 3.77. The van der Waals surface area contributed by atoms with Crippen LogP contribution in [0.5, 0.6) is 0 Å². The summed E-state index contributed by atoms with van der Waals surface area (Å²) >= 11 is 0. The number of nitrogens with zero attached hydrogens (tertiary/aromatic N) is 3. The molecule has 5 heteroatoms. The van der Waals surface area contributed by atoms with Crippen LogP contribution in [-0.2, 0) is 0 Å². The summed E-state index contributed by atoms with van der Waals surface area (Å²) in [6, 6.07) is 1.76. The minimum atomic E-state index is 0.248. The van der Waals surface area contributed by atoms with Gasteiger partial charge in [0.1, 0.15) is 6.26 Å². The second-order valence-corrected chi connectivity index (χ2v) is 2.61. The van der Waals surface area contributed by atoms with Crippen LogP contribution in [0.2, 0.25) is 0 Å². The highest BCUT2D eigenvalue weighted by Gasteiger charge is 2.06. The molecule has 0 spiro atoms. The Balaban J connectivity index is 2.53. The molecule has 2 aromatic heterocycles. The monoisotopic (exact) mass is 176 g/mol. The summed E-state index contributed by atoms with van der Waals surface area (Å²) in [5, 5.41) is 3.75. The molecule has 0 saturated carbocycles. The third kappa shape index (κ3) is 1.35. The Hall–Kier alpha value is -1.91. The zero-order chi connectivity index (χ0) is 9.26. The lowest BCUT2D eigenvalue weighted by molar-refractivity contribution is 0.415. The molecule has 0 saturated heterocycles. The van der Waals surface area contributed by atoms with Gasteiger partial charge in [0.25, 0.3) is 0 Å². The van der Waals surface area contributed by atoms with Gasteiger partial charge >= 0.3 is 0 Å². The van der Waals surface area contributed by atoms with Crippen molar-refractivity contribution in [1.29, 1.82) is 0 Å². The van der Waals surface area contributed by atoms with Crippen molar-refractivity contribution in [3.63, 3.8) is 0 Å². The normalized spacial score (nSPS) is 10.2. The van der Waals surface area contributed by atoms with Gasteiger partial charge < -0.3 is 10.3 Å².